The topological polar surface area (TPSA) is 138 Å². The number of fused-ring (bicyclic) bond motifs is 1. The van der Waals surface area contributed by atoms with E-state index in [9.17, 15) is 23.2 Å². The molecule has 1 saturated heterocycles. The quantitative estimate of drug-likeness (QED) is 0.424. The fourth-order valence-electron chi connectivity index (χ4n) is 6.22. The largest absolute Gasteiger partial charge is 0.495 e. The Bertz CT molecular complexity index is 1510. The highest BCUT2D eigenvalue weighted by Crippen LogP contribution is 2.40. The minimum atomic E-state index is -3.58. The Morgan fingerprint density at radius 3 is 2.51 bits per heavy atom. The Hall–Kier alpha value is -4.27. The predicted octanol–water partition coefficient (Wildman–Crippen LogP) is 4.84. The molecule has 2 atom stereocenters. The summed E-state index contributed by atoms with van der Waals surface area (Å²) >= 11 is 0. The van der Waals surface area contributed by atoms with Crippen molar-refractivity contribution in [1.29, 1.82) is 0 Å². The van der Waals surface area contributed by atoms with E-state index in [2.05, 4.69) is 20.6 Å². The molecule has 3 aliphatic rings. The lowest BCUT2D eigenvalue weighted by molar-refractivity contribution is -0.140. The Morgan fingerprint density at radius 2 is 1.85 bits per heavy atom. The van der Waals surface area contributed by atoms with E-state index < -0.39 is 36.2 Å². The molecule has 1 aromatic heterocycles. The molecule has 47 heavy (non-hydrogen) atoms. The number of benzene rings is 1. The molecule has 0 unspecified atom stereocenters. The first-order valence-corrected chi connectivity index (χ1v) is 15.8. The summed E-state index contributed by atoms with van der Waals surface area (Å²) in [5.41, 5.74) is 0.352. The number of amides is 3. The number of piperidine rings is 1. The summed E-state index contributed by atoms with van der Waals surface area (Å²) in [6.07, 6.45) is 4.25. The number of hydrogen-bond acceptors (Lipinski definition) is 10. The molecule has 3 heterocycles. The number of aromatic nitrogens is 2. The summed E-state index contributed by atoms with van der Waals surface area (Å²) in [6, 6.07) is 4.30. The maximum absolute atomic E-state index is 14.9. The number of likely N-dealkylation sites (tertiary alicyclic amines) is 1. The first kappa shape index (κ1) is 34.1. The Balaban J connectivity index is 0.00000325. The third-order valence-electron chi connectivity index (χ3n) is 8.68. The van der Waals surface area contributed by atoms with Gasteiger partial charge in [0.2, 0.25) is 5.95 Å². The molecule has 0 spiro atoms. The van der Waals surface area contributed by atoms with Gasteiger partial charge in [-0.3, -0.25) is 9.59 Å². The normalized spacial score (nSPS) is 21.6. The van der Waals surface area contributed by atoms with Crippen LogP contribution in [0.25, 0.3) is 0 Å². The number of nitrogens with one attached hydrogen (secondary N) is 2. The lowest BCUT2D eigenvalue weighted by Crippen LogP contribution is -2.56. The lowest BCUT2D eigenvalue weighted by atomic mass is 10.0. The highest BCUT2D eigenvalue weighted by atomic mass is 19.3. The van der Waals surface area contributed by atoms with E-state index >= 15 is 0 Å². The van der Waals surface area contributed by atoms with Gasteiger partial charge in [0.15, 0.2) is 5.82 Å². The summed E-state index contributed by atoms with van der Waals surface area (Å²) in [6.45, 7) is 5.31. The number of anilines is 4. The molecule has 1 aromatic carbocycles. The van der Waals surface area contributed by atoms with Gasteiger partial charge < -0.3 is 39.5 Å². The first-order valence-electron chi connectivity index (χ1n) is 15.8. The molecule has 5 rings (SSSR count). The van der Waals surface area contributed by atoms with Crippen LogP contribution in [0.4, 0.5) is 36.7 Å². The Kier molecular flexibility index (Phi) is 9.75. The van der Waals surface area contributed by atoms with Crippen molar-refractivity contribution in [2.24, 2.45) is 0 Å². The lowest BCUT2D eigenvalue weighted by Gasteiger charge is -2.38. The molecule has 2 fully saturated rings. The number of carbonyl (C=O) groups is 3. The van der Waals surface area contributed by atoms with Crippen LogP contribution in [0.2, 0.25) is 0 Å². The van der Waals surface area contributed by atoms with Gasteiger partial charge in [-0.25, -0.2) is 9.78 Å². The van der Waals surface area contributed by atoms with Crippen LogP contribution in [0.3, 0.4) is 0 Å². The molecule has 260 valence electrons. The maximum atomic E-state index is 14.9. The fourth-order valence-corrected chi connectivity index (χ4v) is 6.22. The van der Waals surface area contributed by atoms with Crippen LogP contribution in [0.5, 0.6) is 5.75 Å². The van der Waals surface area contributed by atoms with Gasteiger partial charge in [-0.05, 0) is 58.2 Å². The molecule has 2 aromatic rings. The van der Waals surface area contributed by atoms with Crippen LogP contribution in [-0.4, -0.2) is 103 Å². The average Bonchev–Trinajstić information content (AvgIpc) is 3.55. The van der Waals surface area contributed by atoms with Gasteiger partial charge in [-0.2, -0.15) is 13.8 Å². The zero-order valence-electron chi connectivity index (χ0n) is 27.6. The third-order valence-corrected chi connectivity index (χ3v) is 8.68. The van der Waals surface area contributed by atoms with E-state index in [0.717, 1.165) is 30.6 Å². The SMILES string of the molecule is COc1cc(C(=O)N[C@@H]2CCN(C(=O)OC(C)(C)C)C[C@@H]2OC)ccc1Nc1ncc2c(n1)N(C1CCCC1)CC(F)(F)C(=O)N2C.[HH].[HH]. The Morgan fingerprint density at radius 1 is 1.13 bits per heavy atom. The molecule has 2 N–H and O–H groups in total. The van der Waals surface area contributed by atoms with Gasteiger partial charge in [0.1, 0.15) is 17.0 Å². The van der Waals surface area contributed by atoms with Crippen molar-refractivity contribution in [3.05, 3.63) is 30.0 Å². The molecule has 13 nitrogen and oxygen atoms in total. The number of methoxy groups -OCH3 is 2. The second kappa shape index (κ2) is 13.5. The highest BCUT2D eigenvalue weighted by Gasteiger charge is 2.49. The zero-order valence-corrected chi connectivity index (χ0v) is 27.6. The minimum Gasteiger partial charge on any atom is -0.495 e. The van der Waals surface area contributed by atoms with Crippen molar-refractivity contribution in [3.63, 3.8) is 0 Å². The van der Waals surface area contributed by atoms with Crippen LogP contribution < -0.4 is 25.2 Å². The summed E-state index contributed by atoms with van der Waals surface area (Å²) in [5.74, 6) is -4.54. The molecule has 0 bridgehead atoms. The monoisotopic (exact) mass is 663 g/mol. The summed E-state index contributed by atoms with van der Waals surface area (Å²) in [7, 11) is 4.29. The minimum absolute atomic E-state index is 0. The van der Waals surface area contributed by atoms with Gasteiger partial charge in [0, 0.05) is 35.2 Å². The summed E-state index contributed by atoms with van der Waals surface area (Å²) in [5, 5.41) is 6.09. The molecule has 0 radical (unpaired) electrons. The smallest absolute Gasteiger partial charge is 0.410 e. The molecule has 15 heteroatoms. The molecule has 2 aliphatic heterocycles. The van der Waals surface area contributed by atoms with Crippen molar-refractivity contribution >= 4 is 41.0 Å². The van der Waals surface area contributed by atoms with Gasteiger partial charge in [-0.15, -0.1) is 0 Å². The van der Waals surface area contributed by atoms with E-state index in [0.29, 0.717) is 30.0 Å². The number of alkyl halides is 2. The van der Waals surface area contributed by atoms with Gasteiger partial charge in [0.25, 0.3) is 11.8 Å². The molecular formula is C32H47F2N7O6. The van der Waals surface area contributed by atoms with Crippen molar-refractivity contribution in [1.82, 2.24) is 20.2 Å². The average molecular weight is 664 g/mol. The van der Waals surface area contributed by atoms with Crippen molar-refractivity contribution in [2.75, 3.05) is 56.0 Å². The number of halogens is 2. The van der Waals surface area contributed by atoms with Crippen LogP contribution in [0.1, 0.15) is 66.1 Å². The van der Waals surface area contributed by atoms with Crippen molar-refractivity contribution in [3.8, 4) is 5.75 Å². The summed E-state index contributed by atoms with van der Waals surface area (Å²) < 4.78 is 46.6. The van der Waals surface area contributed by atoms with E-state index in [-0.39, 0.29) is 44.8 Å². The number of nitrogens with zero attached hydrogens (tertiary/aromatic N) is 5. The van der Waals surface area contributed by atoms with E-state index in [1.165, 1.54) is 32.4 Å². The second-order valence-corrected chi connectivity index (χ2v) is 13.1. The number of ether oxygens (including phenoxy) is 3. The van der Waals surface area contributed by atoms with E-state index in [4.69, 9.17) is 14.2 Å². The number of carbonyl (C=O) groups excluding carboxylic acids is 3. The van der Waals surface area contributed by atoms with E-state index in [1.807, 2.05) is 0 Å². The summed E-state index contributed by atoms with van der Waals surface area (Å²) in [4.78, 5) is 51.4. The second-order valence-electron chi connectivity index (χ2n) is 13.1. The van der Waals surface area contributed by atoms with Crippen molar-refractivity contribution in [2.45, 2.75) is 82.6 Å². The van der Waals surface area contributed by atoms with Crippen LogP contribution >= 0.6 is 0 Å². The standard InChI is InChI=1S/C32H43F2N7O6.2H2/c1-31(2,3)47-30(44)40-14-13-22(25(17-40)46-6)36-27(42)19-11-12-21(24(15-19)45-5)37-29-35-16-23-26(38-29)41(20-9-7-8-10-20)18-32(33,34)28(43)39(23)4;;/h11-12,15-16,20,22,25H,7-10,13-14,17-18H2,1-6H3,(H,36,42)(H,35,37,38);2*1H/t22-,25+;;/m1../s1. The van der Waals surface area contributed by atoms with Gasteiger partial charge >= 0.3 is 12.0 Å². The number of hydrogen-bond donors (Lipinski definition) is 2. The van der Waals surface area contributed by atoms with Crippen molar-refractivity contribution < 1.29 is 40.2 Å². The molecule has 3 amide bonds. The first-order chi connectivity index (χ1) is 22.2. The predicted molar refractivity (Wildman–Crippen MR) is 175 cm³/mol. The van der Waals surface area contributed by atoms with E-state index in [1.54, 1.807) is 43.9 Å². The van der Waals surface area contributed by atoms with Crippen LogP contribution in [0, 0.1) is 0 Å². The Labute approximate surface area is 275 Å². The number of rotatable bonds is 7. The maximum Gasteiger partial charge on any atom is 0.410 e. The molecular weight excluding hydrogens is 616 g/mol. The molecule has 1 saturated carbocycles. The van der Waals surface area contributed by atoms with Crippen LogP contribution in [0.15, 0.2) is 24.4 Å². The third kappa shape index (κ3) is 7.50. The van der Waals surface area contributed by atoms with Gasteiger partial charge in [0.05, 0.1) is 44.2 Å². The fraction of sp³-hybridized carbons (Fsp3) is 0.594. The van der Waals surface area contributed by atoms with Crippen LogP contribution in [-0.2, 0) is 14.3 Å². The highest BCUT2D eigenvalue weighted by molar-refractivity contribution is 6.02. The molecule has 1 aliphatic carbocycles. The zero-order chi connectivity index (χ0) is 34.1. The van der Waals surface area contributed by atoms with Gasteiger partial charge in [-0.1, -0.05) is 12.8 Å².